The largest absolute Gasteiger partial charge is 0.618 e. The molecule has 0 amide bonds. The molecule has 3 rings (SSSR count). The molecular weight excluding hydrogens is 280 g/mol. The van der Waals surface area contributed by atoms with E-state index in [2.05, 4.69) is 6.07 Å². The summed E-state index contributed by atoms with van der Waals surface area (Å²) in [6, 6.07) is 12.2. The van der Waals surface area contributed by atoms with Crippen LogP contribution in [0.2, 0.25) is 0 Å². The van der Waals surface area contributed by atoms with Crippen molar-refractivity contribution in [3.8, 4) is 11.8 Å². The summed E-state index contributed by atoms with van der Waals surface area (Å²) in [5.74, 6) is 0.0360. The number of benzene rings is 1. The van der Waals surface area contributed by atoms with Gasteiger partial charge in [0.2, 0.25) is 5.69 Å². The normalized spacial score (nSPS) is 22.3. The second kappa shape index (κ2) is 5.00. The monoisotopic (exact) mass is 296 g/mol. The molecule has 1 N–H and O–H groups in total. The number of aliphatic hydroxyl groups is 1. The molecule has 0 bridgehead atoms. The van der Waals surface area contributed by atoms with Gasteiger partial charge >= 0.3 is 0 Å². The molecule has 1 aromatic carbocycles. The maximum Gasteiger partial charge on any atom is 0.203 e. The minimum atomic E-state index is -0.906. The van der Waals surface area contributed by atoms with E-state index in [0.29, 0.717) is 22.6 Å². The number of aliphatic hydroxyl groups excluding tert-OH is 1. The average molecular weight is 296 g/mol. The first kappa shape index (κ1) is 14.4. The van der Waals surface area contributed by atoms with Crippen LogP contribution in [0.15, 0.2) is 42.6 Å². The van der Waals surface area contributed by atoms with E-state index in [1.165, 1.54) is 6.20 Å². The molecule has 0 spiro atoms. The molecule has 1 aliphatic rings. The van der Waals surface area contributed by atoms with Gasteiger partial charge in [-0.25, -0.2) is 0 Å². The van der Waals surface area contributed by atoms with Gasteiger partial charge in [0, 0.05) is 17.7 Å². The quantitative estimate of drug-likeness (QED) is 0.643. The Morgan fingerprint density at radius 3 is 2.77 bits per heavy atom. The number of rotatable bonds is 1. The lowest BCUT2D eigenvalue weighted by molar-refractivity contribution is -0.616. The van der Waals surface area contributed by atoms with Gasteiger partial charge in [-0.2, -0.15) is 9.99 Å². The summed E-state index contributed by atoms with van der Waals surface area (Å²) in [7, 11) is 0. The first-order chi connectivity index (χ1) is 10.4. The maximum atomic E-state index is 12.1. The van der Waals surface area contributed by atoms with Crippen LogP contribution in [0.4, 0.5) is 0 Å². The minimum Gasteiger partial charge on any atom is -0.618 e. The molecular formula is C17H16N2O3. The Balaban J connectivity index is 2.24. The van der Waals surface area contributed by atoms with Gasteiger partial charge in [0.25, 0.3) is 0 Å². The Hall–Kier alpha value is -2.58. The molecule has 0 saturated heterocycles. The summed E-state index contributed by atoms with van der Waals surface area (Å²) < 4.78 is 6.60. The van der Waals surface area contributed by atoms with Crippen molar-refractivity contribution in [1.29, 1.82) is 5.26 Å². The molecule has 0 saturated carbocycles. The fourth-order valence-corrected chi connectivity index (χ4v) is 2.87. The number of aromatic nitrogens is 1. The molecule has 5 heteroatoms. The summed E-state index contributed by atoms with van der Waals surface area (Å²) in [5.41, 5.74) is 0.714. The third-order valence-electron chi connectivity index (χ3n) is 4.05. The smallest absolute Gasteiger partial charge is 0.203 e. The van der Waals surface area contributed by atoms with Crippen molar-refractivity contribution in [3.05, 3.63) is 64.6 Å². The van der Waals surface area contributed by atoms with Gasteiger partial charge in [0.15, 0.2) is 6.20 Å². The molecule has 2 heterocycles. The van der Waals surface area contributed by atoms with Gasteiger partial charge in [-0.05, 0) is 38.1 Å². The second-order valence-corrected chi connectivity index (χ2v) is 5.94. The number of hydrogen-bond acceptors (Lipinski definition) is 4. The van der Waals surface area contributed by atoms with Crippen LogP contribution >= 0.6 is 0 Å². The zero-order valence-corrected chi connectivity index (χ0v) is 12.4. The van der Waals surface area contributed by atoms with E-state index in [1.807, 2.05) is 0 Å². The van der Waals surface area contributed by atoms with E-state index in [9.17, 15) is 10.3 Å². The third-order valence-corrected chi connectivity index (χ3v) is 4.05. The predicted molar refractivity (Wildman–Crippen MR) is 79.1 cm³/mol. The van der Waals surface area contributed by atoms with Crippen molar-refractivity contribution in [2.45, 2.75) is 31.5 Å². The van der Waals surface area contributed by atoms with Crippen molar-refractivity contribution >= 4 is 0 Å². The van der Waals surface area contributed by atoms with Gasteiger partial charge in [-0.3, -0.25) is 0 Å². The van der Waals surface area contributed by atoms with E-state index in [1.54, 1.807) is 50.2 Å². The highest BCUT2D eigenvalue weighted by Gasteiger charge is 2.46. The summed E-state index contributed by atoms with van der Waals surface area (Å²) in [6.07, 6.45) is 0.495. The van der Waals surface area contributed by atoms with Crippen LogP contribution in [-0.2, 0) is 0 Å². The highest BCUT2D eigenvalue weighted by molar-refractivity contribution is 5.49. The van der Waals surface area contributed by atoms with Crippen LogP contribution in [0.5, 0.6) is 5.75 Å². The van der Waals surface area contributed by atoms with Crippen LogP contribution in [0.3, 0.4) is 0 Å². The van der Waals surface area contributed by atoms with Crippen LogP contribution in [0, 0.1) is 16.5 Å². The van der Waals surface area contributed by atoms with E-state index in [-0.39, 0.29) is 0 Å². The van der Waals surface area contributed by atoms with E-state index in [4.69, 9.17) is 10.00 Å². The Morgan fingerprint density at radius 2 is 2.09 bits per heavy atom. The summed E-state index contributed by atoms with van der Waals surface area (Å²) in [6.45, 7) is 3.56. The highest BCUT2D eigenvalue weighted by Crippen LogP contribution is 2.43. The van der Waals surface area contributed by atoms with Crippen molar-refractivity contribution < 1.29 is 14.6 Å². The van der Waals surface area contributed by atoms with E-state index >= 15 is 0 Å². The lowest BCUT2D eigenvalue weighted by Crippen LogP contribution is -2.51. The molecule has 112 valence electrons. The zero-order chi connectivity index (χ0) is 15.9. The van der Waals surface area contributed by atoms with Crippen molar-refractivity contribution in [2.75, 3.05) is 0 Å². The molecule has 0 aliphatic carbocycles. The Morgan fingerprint density at radius 1 is 1.32 bits per heavy atom. The lowest BCUT2D eigenvalue weighted by Gasteiger charge is -2.41. The van der Waals surface area contributed by atoms with Crippen molar-refractivity contribution in [2.24, 2.45) is 0 Å². The van der Waals surface area contributed by atoms with Gasteiger partial charge in [-0.15, -0.1) is 0 Å². The van der Waals surface area contributed by atoms with Gasteiger partial charge in [-0.1, -0.05) is 0 Å². The number of nitriles is 1. The van der Waals surface area contributed by atoms with E-state index in [0.717, 1.165) is 4.73 Å². The van der Waals surface area contributed by atoms with Crippen LogP contribution in [-0.4, -0.2) is 16.8 Å². The number of pyridine rings is 1. The third kappa shape index (κ3) is 2.18. The molecule has 0 radical (unpaired) electrons. The molecule has 2 atom stereocenters. The second-order valence-electron chi connectivity index (χ2n) is 5.94. The molecule has 22 heavy (non-hydrogen) atoms. The number of nitrogens with zero attached hydrogens (tertiary/aromatic N) is 2. The molecule has 1 aromatic heterocycles. The molecule has 0 fully saturated rings. The predicted octanol–water partition coefficient (Wildman–Crippen LogP) is 1.86. The SMILES string of the molecule is CC1(C)Oc2ccc(C#N)cc2[C@@H](c2cccc[n+]2[O-])[C@H]1O. The lowest BCUT2D eigenvalue weighted by atomic mass is 9.79. The minimum absolute atomic E-state index is 0.433. The highest BCUT2D eigenvalue weighted by atomic mass is 16.5. The number of fused-ring (bicyclic) bond motifs is 1. The van der Waals surface area contributed by atoms with Gasteiger partial charge in [0.1, 0.15) is 23.4 Å². The Kier molecular flexibility index (Phi) is 3.27. The first-order valence-electron chi connectivity index (χ1n) is 7.03. The molecule has 1 aliphatic heterocycles. The average Bonchev–Trinajstić information content (AvgIpc) is 2.49. The number of ether oxygens (including phenoxy) is 1. The van der Waals surface area contributed by atoms with Crippen molar-refractivity contribution in [3.63, 3.8) is 0 Å². The molecule has 5 nitrogen and oxygen atoms in total. The Labute approximate surface area is 128 Å². The summed E-state index contributed by atoms with van der Waals surface area (Å²) in [5, 5.41) is 32.0. The fourth-order valence-electron chi connectivity index (χ4n) is 2.87. The zero-order valence-electron chi connectivity index (χ0n) is 12.4. The Bertz CT molecular complexity index is 765. The summed E-state index contributed by atoms with van der Waals surface area (Å²) >= 11 is 0. The maximum absolute atomic E-state index is 12.1. The topological polar surface area (TPSA) is 80.2 Å². The van der Waals surface area contributed by atoms with Crippen LogP contribution in [0.25, 0.3) is 0 Å². The molecule has 2 aromatic rings. The van der Waals surface area contributed by atoms with Crippen LogP contribution < -0.4 is 9.47 Å². The number of hydrogen-bond donors (Lipinski definition) is 1. The molecule has 0 unspecified atom stereocenters. The van der Waals surface area contributed by atoms with Gasteiger partial charge in [0.05, 0.1) is 11.6 Å². The van der Waals surface area contributed by atoms with Crippen molar-refractivity contribution in [1.82, 2.24) is 0 Å². The first-order valence-corrected chi connectivity index (χ1v) is 7.03. The standard InChI is InChI=1S/C17H16N2O3/c1-17(2)16(20)15(13-5-3-4-8-19(13)21)12-9-11(10-18)6-7-14(12)22-17/h3-9,15-16,20H,1-2H3/t15-,16+/m0/s1. The van der Waals surface area contributed by atoms with Crippen LogP contribution in [0.1, 0.15) is 36.6 Å². The summed E-state index contributed by atoms with van der Waals surface area (Å²) in [4.78, 5) is 0. The van der Waals surface area contributed by atoms with Gasteiger partial charge < -0.3 is 15.1 Å². The van der Waals surface area contributed by atoms with E-state index < -0.39 is 17.6 Å². The fraction of sp³-hybridized carbons (Fsp3) is 0.294.